The molecule has 2 aliphatic rings. The first-order valence-corrected chi connectivity index (χ1v) is 11.8. The van der Waals surface area contributed by atoms with E-state index in [0.29, 0.717) is 49.9 Å². The van der Waals surface area contributed by atoms with Crippen molar-refractivity contribution in [2.75, 3.05) is 31.2 Å². The third-order valence-corrected chi connectivity index (χ3v) is 7.85. The van der Waals surface area contributed by atoms with E-state index in [-0.39, 0.29) is 9.79 Å². The van der Waals surface area contributed by atoms with E-state index in [2.05, 4.69) is 9.88 Å². The summed E-state index contributed by atoms with van der Waals surface area (Å²) in [6, 6.07) is 14.0. The van der Waals surface area contributed by atoms with E-state index in [1.807, 2.05) is 12.1 Å². The van der Waals surface area contributed by atoms with Gasteiger partial charge in [0.25, 0.3) is 0 Å². The monoisotopic (exact) mass is 445 g/mol. The van der Waals surface area contributed by atoms with Crippen molar-refractivity contribution < 1.29 is 22.9 Å². The molecular formula is C22H22ClN2O4S+. The minimum absolute atomic E-state index is 0.243. The summed E-state index contributed by atoms with van der Waals surface area (Å²) in [5, 5.41) is 1.34. The molecule has 5 rings (SSSR count). The molecule has 0 atom stereocenters. The zero-order valence-corrected chi connectivity index (χ0v) is 17.9. The third-order valence-electron chi connectivity index (χ3n) is 5.83. The number of rotatable bonds is 3. The molecule has 2 fully saturated rings. The van der Waals surface area contributed by atoms with Gasteiger partial charge in [-0.25, -0.2) is 13.4 Å². The molecule has 6 nitrogen and oxygen atoms in total. The molecule has 2 aliphatic heterocycles. The minimum atomic E-state index is -3.73. The van der Waals surface area contributed by atoms with E-state index in [0.717, 1.165) is 10.9 Å². The van der Waals surface area contributed by atoms with Crippen LogP contribution in [0.2, 0.25) is 5.02 Å². The van der Waals surface area contributed by atoms with Crippen LogP contribution >= 0.6 is 11.6 Å². The zero-order chi connectivity index (χ0) is 20.8. The predicted octanol–water partition coefficient (Wildman–Crippen LogP) is 3.48. The summed E-state index contributed by atoms with van der Waals surface area (Å²) in [4.78, 5) is 5.75. The fraction of sp³-hybridized carbons (Fsp3) is 0.318. The SMILES string of the molecule is O=S(=O)(c1ccccc1)c1c[nH+]c2ccc(Cl)cc2c1N1CCC2(CC1)OCCO2. The van der Waals surface area contributed by atoms with Crippen molar-refractivity contribution in [2.45, 2.75) is 28.4 Å². The van der Waals surface area contributed by atoms with Crippen molar-refractivity contribution in [1.82, 2.24) is 0 Å². The summed E-state index contributed by atoms with van der Waals surface area (Å²) in [7, 11) is -3.73. The van der Waals surface area contributed by atoms with Crippen LogP contribution in [0.5, 0.6) is 0 Å². The van der Waals surface area contributed by atoms with E-state index >= 15 is 0 Å². The highest BCUT2D eigenvalue weighted by Crippen LogP contribution is 2.39. The molecule has 2 saturated heterocycles. The number of halogens is 1. The molecule has 0 amide bonds. The van der Waals surface area contributed by atoms with Crippen molar-refractivity contribution in [3.63, 3.8) is 0 Å². The molecule has 0 radical (unpaired) electrons. The fourth-order valence-electron chi connectivity index (χ4n) is 4.30. The number of hydrogen-bond donors (Lipinski definition) is 0. The number of benzene rings is 2. The van der Waals surface area contributed by atoms with Crippen LogP contribution in [0.25, 0.3) is 10.9 Å². The molecule has 30 heavy (non-hydrogen) atoms. The van der Waals surface area contributed by atoms with Crippen molar-refractivity contribution in [1.29, 1.82) is 0 Å². The van der Waals surface area contributed by atoms with Gasteiger partial charge in [-0.15, -0.1) is 0 Å². The Bertz CT molecular complexity index is 1180. The van der Waals surface area contributed by atoms with Crippen LogP contribution in [0.1, 0.15) is 12.8 Å². The van der Waals surface area contributed by atoms with Crippen molar-refractivity contribution in [2.24, 2.45) is 0 Å². The smallest absolute Gasteiger partial charge is 0.214 e. The van der Waals surface area contributed by atoms with Gasteiger partial charge < -0.3 is 14.4 Å². The van der Waals surface area contributed by atoms with E-state index in [1.54, 1.807) is 42.6 Å². The maximum Gasteiger partial charge on any atom is 0.214 e. The number of fused-ring (bicyclic) bond motifs is 1. The number of nitrogens with zero attached hydrogens (tertiary/aromatic N) is 1. The van der Waals surface area contributed by atoms with Crippen LogP contribution < -0.4 is 9.88 Å². The Labute approximate surface area is 180 Å². The summed E-state index contributed by atoms with van der Waals surface area (Å²) in [5.41, 5.74) is 1.50. The zero-order valence-electron chi connectivity index (χ0n) is 16.3. The van der Waals surface area contributed by atoms with Gasteiger partial charge in [0.15, 0.2) is 16.9 Å². The molecule has 156 valence electrons. The first kappa shape index (κ1) is 19.8. The fourth-order valence-corrected chi connectivity index (χ4v) is 5.95. The van der Waals surface area contributed by atoms with Crippen LogP contribution in [-0.2, 0) is 19.3 Å². The Hall–Kier alpha value is -2.19. The number of pyridine rings is 1. The molecular weight excluding hydrogens is 424 g/mol. The number of H-pyrrole nitrogens is 1. The highest BCUT2D eigenvalue weighted by atomic mass is 35.5. The highest BCUT2D eigenvalue weighted by Gasteiger charge is 2.41. The lowest BCUT2D eigenvalue weighted by atomic mass is 10.0. The van der Waals surface area contributed by atoms with E-state index < -0.39 is 15.6 Å². The number of sulfone groups is 1. The van der Waals surface area contributed by atoms with Gasteiger partial charge in [-0.05, 0) is 24.3 Å². The number of aromatic nitrogens is 1. The summed E-state index contributed by atoms with van der Waals surface area (Å²) in [6.45, 7) is 2.46. The van der Waals surface area contributed by atoms with Crippen LogP contribution in [0.3, 0.4) is 0 Å². The molecule has 3 aromatic rings. The second-order valence-corrected chi connectivity index (χ2v) is 9.96. The van der Waals surface area contributed by atoms with E-state index in [9.17, 15) is 8.42 Å². The molecule has 1 aromatic heterocycles. The van der Waals surface area contributed by atoms with Gasteiger partial charge in [0.2, 0.25) is 15.4 Å². The average Bonchev–Trinajstić information content (AvgIpc) is 3.22. The topological polar surface area (TPSA) is 70.0 Å². The van der Waals surface area contributed by atoms with Crippen LogP contribution in [0.4, 0.5) is 5.69 Å². The lowest BCUT2D eigenvalue weighted by molar-refractivity contribution is -0.347. The Morgan fingerprint density at radius 2 is 1.70 bits per heavy atom. The van der Waals surface area contributed by atoms with Gasteiger partial charge in [0.1, 0.15) is 0 Å². The molecule has 1 N–H and O–H groups in total. The molecule has 2 aromatic carbocycles. The molecule has 8 heteroatoms. The van der Waals surface area contributed by atoms with E-state index in [1.165, 1.54) is 0 Å². The second-order valence-electron chi connectivity index (χ2n) is 7.60. The first-order valence-electron chi connectivity index (χ1n) is 9.96. The maximum absolute atomic E-state index is 13.5. The number of hydrogen-bond acceptors (Lipinski definition) is 5. The van der Waals surface area contributed by atoms with Crippen LogP contribution in [0, 0.1) is 0 Å². The predicted molar refractivity (Wildman–Crippen MR) is 113 cm³/mol. The number of piperidine rings is 1. The maximum atomic E-state index is 13.5. The number of ether oxygens (including phenoxy) is 2. The van der Waals surface area contributed by atoms with Gasteiger partial charge in [-0.3, -0.25) is 0 Å². The first-order chi connectivity index (χ1) is 14.5. The summed E-state index contributed by atoms with van der Waals surface area (Å²) < 4.78 is 38.8. The number of anilines is 1. The quantitative estimate of drug-likeness (QED) is 0.617. The summed E-state index contributed by atoms with van der Waals surface area (Å²) >= 11 is 6.29. The Balaban J connectivity index is 1.65. The van der Waals surface area contributed by atoms with Gasteiger partial charge in [-0.1, -0.05) is 29.8 Å². The molecule has 0 saturated carbocycles. The number of aromatic amines is 1. The molecule has 3 heterocycles. The van der Waals surface area contributed by atoms with Crippen molar-refractivity contribution in [3.8, 4) is 0 Å². The van der Waals surface area contributed by atoms with Gasteiger partial charge in [0, 0.05) is 37.0 Å². The Morgan fingerprint density at radius 3 is 2.40 bits per heavy atom. The van der Waals surface area contributed by atoms with Crippen LogP contribution in [0.15, 0.2) is 64.5 Å². The summed E-state index contributed by atoms with van der Waals surface area (Å²) in [5.74, 6) is -0.538. The van der Waals surface area contributed by atoms with Crippen molar-refractivity contribution >= 4 is 38.0 Å². The minimum Gasteiger partial charge on any atom is -0.369 e. The lowest BCUT2D eigenvalue weighted by Gasteiger charge is -2.39. The molecule has 1 spiro atoms. The van der Waals surface area contributed by atoms with Gasteiger partial charge >= 0.3 is 0 Å². The second kappa shape index (κ2) is 7.50. The normalized spacial score (nSPS) is 18.9. The summed E-state index contributed by atoms with van der Waals surface area (Å²) in [6.07, 6.45) is 2.94. The molecule has 0 aliphatic carbocycles. The van der Waals surface area contributed by atoms with E-state index in [4.69, 9.17) is 21.1 Å². The van der Waals surface area contributed by atoms with Gasteiger partial charge in [-0.2, -0.15) is 0 Å². The number of nitrogens with one attached hydrogen (secondary N) is 1. The van der Waals surface area contributed by atoms with Gasteiger partial charge in [0.05, 0.1) is 29.2 Å². The van der Waals surface area contributed by atoms with Crippen molar-refractivity contribution in [3.05, 3.63) is 59.8 Å². The average molecular weight is 446 g/mol. The standard InChI is InChI=1S/C22H21ClN2O4S/c23-16-6-7-19-18(14-16)21(25-10-8-22(9-11-25)28-12-13-29-22)20(15-24-19)30(26,27)17-4-2-1-3-5-17/h1-7,14-15H,8-13H2/p+1. The lowest BCUT2D eigenvalue weighted by Crippen LogP contribution is -2.45. The Morgan fingerprint density at radius 1 is 1.00 bits per heavy atom. The third kappa shape index (κ3) is 3.36. The Kier molecular flexibility index (Phi) is 4.94. The van der Waals surface area contributed by atoms with Crippen LogP contribution in [-0.4, -0.2) is 40.5 Å². The molecule has 0 unspecified atom stereocenters. The molecule has 0 bridgehead atoms. The largest absolute Gasteiger partial charge is 0.369 e. The highest BCUT2D eigenvalue weighted by molar-refractivity contribution is 7.91.